The van der Waals surface area contributed by atoms with E-state index in [1.807, 2.05) is 0 Å². The molecule has 0 radical (unpaired) electrons. The summed E-state index contributed by atoms with van der Waals surface area (Å²) in [6.45, 7) is 4.53. The Morgan fingerprint density at radius 2 is 0.667 bits per heavy atom. The van der Waals surface area contributed by atoms with Gasteiger partial charge in [0.25, 0.3) is 0 Å². The van der Waals surface area contributed by atoms with E-state index < -0.39 is 57.8 Å². The summed E-state index contributed by atoms with van der Waals surface area (Å²) in [5.41, 5.74) is 0. The molecule has 3 atom stereocenters. The van der Waals surface area contributed by atoms with Crippen LogP contribution in [0.15, 0.2) is 72.9 Å². The Kier molecular flexibility index (Phi) is 57.7. The van der Waals surface area contributed by atoms with Gasteiger partial charge in [-0.2, -0.15) is 0 Å². The SMILES string of the molecule is CC/C=C\C/C=C\C/C=C\C/C=C\C/C=C\CCCCCC(=O)OC(COC(=O)CCCCCCC/C=C\CCCCCCCC)COP(=O)(O)OCC(CO)OC(=O)CCCCCCCCCCCCCCCCCCC. The highest BCUT2D eigenvalue weighted by atomic mass is 31.2. The van der Waals surface area contributed by atoms with Crippen LogP contribution in [0.5, 0.6) is 0 Å². The van der Waals surface area contributed by atoms with Crippen molar-refractivity contribution >= 4 is 25.7 Å². The number of hydrogen-bond acceptors (Lipinski definition) is 10. The summed E-state index contributed by atoms with van der Waals surface area (Å²) >= 11 is 0. The van der Waals surface area contributed by atoms with Crippen molar-refractivity contribution in [3.8, 4) is 0 Å². The quantitative estimate of drug-likeness (QED) is 0.0197. The number of ether oxygens (including phenoxy) is 3. The van der Waals surface area contributed by atoms with Gasteiger partial charge in [0.15, 0.2) is 6.10 Å². The van der Waals surface area contributed by atoms with Gasteiger partial charge in [0.05, 0.1) is 19.8 Å². The molecule has 12 heteroatoms. The first-order valence-electron chi connectivity index (χ1n) is 31.8. The number of phosphoric acid groups is 1. The zero-order valence-electron chi connectivity index (χ0n) is 50.1. The third-order valence-corrected chi connectivity index (χ3v) is 14.6. The van der Waals surface area contributed by atoms with Crippen molar-refractivity contribution in [2.75, 3.05) is 26.4 Å². The minimum absolute atomic E-state index is 0.126. The van der Waals surface area contributed by atoms with Gasteiger partial charge in [0, 0.05) is 19.3 Å². The van der Waals surface area contributed by atoms with E-state index in [1.54, 1.807) is 0 Å². The molecule has 0 aliphatic carbocycles. The molecule has 2 N–H and O–H groups in total. The van der Waals surface area contributed by atoms with Gasteiger partial charge in [-0.3, -0.25) is 23.4 Å². The van der Waals surface area contributed by atoms with E-state index in [1.165, 1.54) is 122 Å². The number of phosphoric ester groups is 1. The maximum Gasteiger partial charge on any atom is 0.472 e. The monoisotopic (exact) mass is 1120 g/mol. The second-order valence-corrected chi connectivity index (χ2v) is 22.7. The van der Waals surface area contributed by atoms with Gasteiger partial charge in [0.2, 0.25) is 0 Å². The molecule has 0 amide bonds. The maximum absolute atomic E-state index is 12.9. The van der Waals surface area contributed by atoms with Gasteiger partial charge in [-0.1, -0.05) is 254 Å². The largest absolute Gasteiger partial charge is 0.472 e. The smallest absolute Gasteiger partial charge is 0.462 e. The lowest BCUT2D eigenvalue weighted by molar-refractivity contribution is -0.161. The van der Waals surface area contributed by atoms with Crippen LogP contribution in [0.1, 0.15) is 290 Å². The van der Waals surface area contributed by atoms with E-state index in [0.717, 1.165) is 109 Å². The van der Waals surface area contributed by atoms with Gasteiger partial charge in [0.1, 0.15) is 12.7 Å². The van der Waals surface area contributed by atoms with Crippen LogP contribution in [0, 0.1) is 0 Å². The number of aliphatic hydroxyl groups is 1. The Bertz CT molecular complexity index is 1590. The molecule has 0 aromatic heterocycles. The predicted molar refractivity (Wildman–Crippen MR) is 325 cm³/mol. The highest BCUT2D eigenvalue weighted by Crippen LogP contribution is 2.43. The average molecular weight is 1120 g/mol. The lowest BCUT2D eigenvalue weighted by atomic mass is 10.0. The molecule has 11 nitrogen and oxygen atoms in total. The summed E-state index contributed by atoms with van der Waals surface area (Å²) in [5.74, 6) is -1.50. The summed E-state index contributed by atoms with van der Waals surface area (Å²) in [6.07, 6.45) is 68.5. The molecule has 0 aromatic carbocycles. The number of allylic oxidation sites excluding steroid dienone is 12. The van der Waals surface area contributed by atoms with Crippen LogP contribution in [-0.4, -0.2) is 66.5 Å². The standard InChI is InChI=1S/C66H117O11P/c1-4-7-10-13-16-19-22-25-28-30-31-33-36-39-42-45-48-51-54-57-66(70)77-63(59-73-64(68)55-52-49-46-43-40-37-34-27-24-21-18-15-12-9-6-3)61-75-78(71,72)74-60-62(58-67)76-65(69)56-53-50-47-44-41-38-35-32-29-26-23-20-17-14-11-8-5-2/h7,10,16,19,25,27-28,31,33-34,39,42,62-63,67H,4-6,8-9,11-15,17-18,20-24,26,29-30,32,35-38,40-41,43-61H2,1-3H3,(H,71,72)/b10-7-,19-16-,28-25-,33-31-,34-27-,42-39-. The number of carbonyl (C=O) groups excluding carboxylic acids is 3. The lowest BCUT2D eigenvalue weighted by Crippen LogP contribution is -2.30. The number of hydrogen-bond donors (Lipinski definition) is 2. The van der Waals surface area contributed by atoms with Gasteiger partial charge in [-0.05, 0) is 89.9 Å². The molecule has 0 fully saturated rings. The molecule has 0 heterocycles. The first kappa shape index (κ1) is 74.9. The molecule has 78 heavy (non-hydrogen) atoms. The van der Waals surface area contributed by atoms with Crippen molar-refractivity contribution in [1.29, 1.82) is 0 Å². The molecule has 3 unspecified atom stereocenters. The van der Waals surface area contributed by atoms with Crippen molar-refractivity contribution in [3.63, 3.8) is 0 Å². The highest BCUT2D eigenvalue weighted by molar-refractivity contribution is 7.47. The average Bonchev–Trinajstić information content (AvgIpc) is 3.43. The lowest BCUT2D eigenvalue weighted by Gasteiger charge is -2.21. The second kappa shape index (κ2) is 60.0. The van der Waals surface area contributed by atoms with Crippen molar-refractivity contribution in [3.05, 3.63) is 72.9 Å². The molecule has 0 rings (SSSR count). The van der Waals surface area contributed by atoms with E-state index >= 15 is 0 Å². The molecular weight excluding hydrogens is 1000 g/mol. The van der Waals surface area contributed by atoms with E-state index in [-0.39, 0.29) is 25.9 Å². The predicted octanol–water partition coefficient (Wildman–Crippen LogP) is 19.3. The first-order valence-corrected chi connectivity index (χ1v) is 33.3. The van der Waals surface area contributed by atoms with Crippen LogP contribution in [0.4, 0.5) is 0 Å². The van der Waals surface area contributed by atoms with Crippen molar-refractivity contribution < 1.29 is 52.2 Å². The maximum atomic E-state index is 12.9. The summed E-state index contributed by atoms with van der Waals surface area (Å²) in [4.78, 5) is 48.7. The molecule has 0 aromatic rings. The number of aliphatic hydroxyl groups excluding tert-OH is 1. The van der Waals surface area contributed by atoms with E-state index in [9.17, 15) is 28.9 Å². The van der Waals surface area contributed by atoms with Gasteiger partial charge < -0.3 is 24.2 Å². The number of unbranched alkanes of at least 4 members (excludes halogenated alkanes) is 30. The first-order chi connectivity index (χ1) is 38.2. The summed E-state index contributed by atoms with van der Waals surface area (Å²) in [7, 11) is -4.76. The Morgan fingerprint density at radius 3 is 1.05 bits per heavy atom. The molecule has 0 saturated heterocycles. The Morgan fingerprint density at radius 1 is 0.372 bits per heavy atom. The van der Waals surface area contributed by atoms with Crippen LogP contribution in [0.2, 0.25) is 0 Å². The van der Waals surface area contributed by atoms with Gasteiger partial charge >= 0.3 is 25.7 Å². The highest BCUT2D eigenvalue weighted by Gasteiger charge is 2.28. The fraction of sp³-hybridized carbons (Fsp3) is 0.773. The van der Waals surface area contributed by atoms with Crippen molar-refractivity contribution in [1.82, 2.24) is 0 Å². The number of esters is 3. The Labute approximate surface area is 478 Å². The van der Waals surface area contributed by atoms with Crippen LogP contribution in [0.3, 0.4) is 0 Å². The molecule has 452 valence electrons. The number of rotatable bonds is 59. The molecule has 0 spiro atoms. The third-order valence-electron chi connectivity index (χ3n) is 13.6. The Hall–Kier alpha value is -3.08. The zero-order valence-corrected chi connectivity index (χ0v) is 51.0. The molecule has 0 saturated carbocycles. The van der Waals surface area contributed by atoms with E-state index in [2.05, 4.69) is 93.7 Å². The number of carbonyl (C=O) groups is 3. The molecular formula is C66H117O11P. The normalized spacial score (nSPS) is 13.8. The van der Waals surface area contributed by atoms with Gasteiger partial charge in [-0.15, -0.1) is 0 Å². The second-order valence-electron chi connectivity index (χ2n) is 21.2. The zero-order chi connectivity index (χ0) is 56.9. The van der Waals surface area contributed by atoms with Crippen LogP contribution in [0.25, 0.3) is 0 Å². The molecule has 0 bridgehead atoms. The van der Waals surface area contributed by atoms with Crippen LogP contribution in [-0.2, 0) is 42.2 Å². The third kappa shape index (κ3) is 57.6. The summed E-state index contributed by atoms with van der Waals surface area (Å²) in [6, 6.07) is 0. The van der Waals surface area contributed by atoms with Crippen molar-refractivity contribution in [2.24, 2.45) is 0 Å². The van der Waals surface area contributed by atoms with Crippen LogP contribution >= 0.6 is 7.82 Å². The minimum Gasteiger partial charge on any atom is -0.462 e. The molecule has 0 aliphatic rings. The minimum atomic E-state index is -4.76. The topological polar surface area (TPSA) is 155 Å². The fourth-order valence-electron chi connectivity index (χ4n) is 8.79. The van der Waals surface area contributed by atoms with Crippen molar-refractivity contribution in [2.45, 2.75) is 303 Å². The summed E-state index contributed by atoms with van der Waals surface area (Å²) < 4.78 is 39.6. The fourth-order valence-corrected chi connectivity index (χ4v) is 9.57. The van der Waals surface area contributed by atoms with Crippen LogP contribution < -0.4 is 0 Å². The Balaban J connectivity index is 4.74. The van der Waals surface area contributed by atoms with E-state index in [0.29, 0.717) is 19.3 Å². The van der Waals surface area contributed by atoms with E-state index in [4.69, 9.17) is 23.3 Å². The molecule has 0 aliphatic heterocycles. The van der Waals surface area contributed by atoms with Gasteiger partial charge in [-0.25, -0.2) is 4.57 Å². The summed E-state index contributed by atoms with van der Waals surface area (Å²) in [5, 5.41) is 9.85.